The summed E-state index contributed by atoms with van der Waals surface area (Å²) in [5.74, 6) is -0.0236. The first-order chi connectivity index (χ1) is 22.2. The molecule has 0 aliphatic carbocycles. The van der Waals surface area contributed by atoms with Gasteiger partial charge in [-0.25, -0.2) is 8.42 Å². The summed E-state index contributed by atoms with van der Waals surface area (Å²) in [4.78, 5) is 14.5. The average Bonchev–Trinajstić information content (AvgIpc) is 3.37. The molecule has 0 radical (unpaired) electrons. The van der Waals surface area contributed by atoms with Gasteiger partial charge < -0.3 is 15.3 Å². The molecule has 13 heteroatoms. The highest BCUT2D eigenvalue weighted by Gasteiger charge is 2.35. The summed E-state index contributed by atoms with van der Waals surface area (Å²) in [6, 6.07) is 14.1. The summed E-state index contributed by atoms with van der Waals surface area (Å²) in [5.41, 5.74) is 3.09. The Balaban J connectivity index is 1.39. The Hall–Kier alpha value is -3.52. The predicted octanol–water partition coefficient (Wildman–Crippen LogP) is 4.71. The Bertz CT molecular complexity index is 1710. The van der Waals surface area contributed by atoms with E-state index in [0.717, 1.165) is 43.9 Å². The van der Waals surface area contributed by atoms with Crippen molar-refractivity contribution in [1.82, 2.24) is 24.3 Å². The van der Waals surface area contributed by atoms with Crippen LogP contribution in [0.25, 0.3) is 11.3 Å². The van der Waals surface area contributed by atoms with Crippen molar-refractivity contribution in [1.29, 1.82) is 0 Å². The van der Waals surface area contributed by atoms with Crippen molar-refractivity contribution in [3.63, 3.8) is 0 Å². The number of carbonyl (C=O) groups is 1. The lowest BCUT2D eigenvalue weighted by molar-refractivity contribution is -0.138. The van der Waals surface area contributed by atoms with Gasteiger partial charge in [0.2, 0.25) is 15.9 Å². The number of benzene rings is 2. The van der Waals surface area contributed by atoms with Crippen molar-refractivity contribution >= 4 is 15.9 Å². The van der Waals surface area contributed by atoms with E-state index in [1.165, 1.54) is 28.1 Å². The van der Waals surface area contributed by atoms with Gasteiger partial charge in [-0.15, -0.1) is 0 Å². The number of rotatable bonds is 10. The van der Waals surface area contributed by atoms with Crippen LogP contribution in [0.2, 0.25) is 0 Å². The van der Waals surface area contributed by atoms with Gasteiger partial charge in [-0.2, -0.15) is 22.6 Å². The number of hydrogen-bond donors (Lipinski definition) is 2. The quantitative estimate of drug-likeness (QED) is 0.302. The van der Waals surface area contributed by atoms with Gasteiger partial charge in [0.05, 0.1) is 30.2 Å². The molecule has 1 atom stereocenters. The number of allylic oxidation sites excluding steroid dienone is 1. The molecule has 254 valence electrons. The number of aromatic nitrogens is 2. The molecule has 3 heterocycles. The Morgan fingerprint density at radius 1 is 1.09 bits per heavy atom. The smallest absolute Gasteiger partial charge is 0.390 e. The monoisotopic (exact) mass is 673 g/mol. The maximum Gasteiger partial charge on any atom is 0.416 e. The number of halogens is 3. The number of amides is 1. The highest BCUT2D eigenvalue weighted by atomic mass is 32.2. The second-order valence-corrected chi connectivity index (χ2v) is 14.7. The number of alkyl halides is 3. The number of β-amino-alcohol motifs (C(OH)–C–C–N with tert-alkyl or cyclic N) is 1. The number of carbonyl (C=O) groups excluding carboxylic acids is 1. The molecule has 2 N–H and O–H groups in total. The van der Waals surface area contributed by atoms with E-state index in [0.29, 0.717) is 41.3 Å². The highest BCUT2D eigenvalue weighted by Crippen LogP contribution is 2.37. The molecule has 3 aromatic rings. The standard InChI is InChI=1S/C34H42F3N5O4S/c1-23(2)17-32(44)38-19-27-18-26(9-10-30(27)34(35,36)37)33-29-22-41(47(3,45)46)16-13-31(29)42(39-33)21-28(43)20-40-14-11-25(12-15-40)24-7-5-4-6-8-24/h4-10,17-18,25,28,43H,11-16,19-22H2,1-3H3,(H,38,44). The third-order valence-corrected chi connectivity index (χ3v) is 10.1. The van der Waals surface area contributed by atoms with Crippen LogP contribution in [0.5, 0.6) is 0 Å². The summed E-state index contributed by atoms with van der Waals surface area (Å²) in [6.45, 7) is 5.61. The number of nitrogens with zero attached hydrogens (tertiary/aromatic N) is 4. The summed E-state index contributed by atoms with van der Waals surface area (Å²) in [7, 11) is -3.55. The molecule has 1 saturated heterocycles. The SMILES string of the molecule is CC(C)=CC(=O)NCc1cc(-c2nn(CC(O)CN3CCC(c4ccccc4)CC3)c3c2CN(S(C)(=O)=O)CC3)ccc1C(F)(F)F. The highest BCUT2D eigenvalue weighted by molar-refractivity contribution is 7.88. The number of sulfonamides is 1. The van der Waals surface area contributed by atoms with Crippen LogP contribution < -0.4 is 5.32 Å². The number of aliphatic hydroxyl groups is 1. The topological polar surface area (TPSA) is 108 Å². The number of piperidine rings is 1. The number of aliphatic hydroxyl groups excluding tert-OH is 1. The second-order valence-electron chi connectivity index (χ2n) is 12.8. The first-order valence-electron chi connectivity index (χ1n) is 15.8. The Morgan fingerprint density at radius 3 is 2.43 bits per heavy atom. The van der Waals surface area contributed by atoms with Gasteiger partial charge in [-0.05, 0) is 69.0 Å². The van der Waals surface area contributed by atoms with E-state index >= 15 is 0 Å². The van der Waals surface area contributed by atoms with Crippen molar-refractivity contribution in [2.45, 2.75) is 70.9 Å². The molecule has 9 nitrogen and oxygen atoms in total. The Kier molecular flexibility index (Phi) is 10.6. The molecule has 47 heavy (non-hydrogen) atoms. The lowest BCUT2D eigenvalue weighted by Crippen LogP contribution is -2.40. The first-order valence-corrected chi connectivity index (χ1v) is 17.7. The predicted molar refractivity (Wildman–Crippen MR) is 174 cm³/mol. The minimum atomic E-state index is -4.65. The van der Waals surface area contributed by atoms with Crippen LogP contribution in [0.3, 0.4) is 0 Å². The molecule has 0 spiro atoms. The average molecular weight is 674 g/mol. The van der Waals surface area contributed by atoms with Gasteiger partial charge in [0.15, 0.2) is 0 Å². The van der Waals surface area contributed by atoms with Crippen molar-refractivity contribution < 1.29 is 31.5 Å². The molecule has 1 fully saturated rings. The van der Waals surface area contributed by atoms with Crippen LogP contribution in [0.1, 0.15) is 60.6 Å². The molecule has 2 aliphatic rings. The van der Waals surface area contributed by atoms with Crippen LogP contribution >= 0.6 is 0 Å². The van der Waals surface area contributed by atoms with E-state index in [4.69, 9.17) is 5.10 Å². The van der Waals surface area contributed by atoms with Gasteiger partial charge in [-0.3, -0.25) is 9.48 Å². The van der Waals surface area contributed by atoms with Gasteiger partial charge in [0, 0.05) is 55.5 Å². The van der Waals surface area contributed by atoms with Crippen molar-refractivity contribution in [2.24, 2.45) is 0 Å². The summed E-state index contributed by atoms with van der Waals surface area (Å²) < 4.78 is 69.9. The van der Waals surface area contributed by atoms with Crippen LogP contribution in [0.4, 0.5) is 13.2 Å². The van der Waals surface area contributed by atoms with E-state index in [9.17, 15) is 31.5 Å². The normalized spacial score (nSPS) is 17.3. The molecular formula is C34H42F3N5O4S. The third kappa shape index (κ3) is 8.69. The molecule has 1 amide bonds. The number of hydrogen-bond acceptors (Lipinski definition) is 6. The summed E-state index contributed by atoms with van der Waals surface area (Å²) >= 11 is 0. The molecule has 1 aromatic heterocycles. The fourth-order valence-electron chi connectivity index (χ4n) is 6.52. The van der Waals surface area contributed by atoms with E-state index < -0.39 is 33.8 Å². The van der Waals surface area contributed by atoms with E-state index in [1.54, 1.807) is 18.5 Å². The molecule has 0 saturated carbocycles. The lowest BCUT2D eigenvalue weighted by Gasteiger charge is -2.33. The Labute approximate surface area is 274 Å². The van der Waals surface area contributed by atoms with Crippen LogP contribution in [0.15, 0.2) is 60.2 Å². The first kappa shape index (κ1) is 34.8. The van der Waals surface area contributed by atoms with E-state index in [2.05, 4.69) is 34.5 Å². The zero-order valence-corrected chi connectivity index (χ0v) is 27.7. The van der Waals surface area contributed by atoms with E-state index in [-0.39, 0.29) is 31.7 Å². The summed E-state index contributed by atoms with van der Waals surface area (Å²) in [6.07, 6.45) is -0.655. The molecule has 5 rings (SSSR count). The zero-order valence-electron chi connectivity index (χ0n) is 26.9. The maximum absolute atomic E-state index is 14.0. The van der Waals surface area contributed by atoms with Gasteiger partial charge in [-0.1, -0.05) is 42.0 Å². The second kappa shape index (κ2) is 14.3. The molecular weight excluding hydrogens is 631 g/mol. The maximum atomic E-state index is 14.0. The number of likely N-dealkylation sites (tertiary alicyclic amines) is 1. The summed E-state index contributed by atoms with van der Waals surface area (Å²) in [5, 5.41) is 18.5. The minimum Gasteiger partial charge on any atom is -0.390 e. The molecule has 1 unspecified atom stereocenters. The van der Waals surface area contributed by atoms with Crippen LogP contribution in [0, 0.1) is 0 Å². The minimum absolute atomic E-state index is 0.0141. The third-order valence-electron chi connectivity index (χ3n) is 8.84. The number of fused-ring (bicyclic) bond motifs is 1. The van der Waals surface area contributed by atoms with Crippen molar-refractivity contribution in [3.05, 3.63) is 88.1 Å². The largest absolute Gasteiger partial charge is 0.416 e. The van der Waals surface area contributed by atoms with Crippen LogP contribution in [-0.4, -0.2) is 77.0 Å². The molecule has 2 aliphatic heterocycles. The molecule has 2 aromatic carbocycles. The molecule has 0 bridgehead atoms. The lowest BCUT2D eigenvalue weighted by atomic mass is 9.89. The van der Waals surface area contributed by atoms with Crippen molar-refractivity contribution in [3.8, 4) is 11.3 Å². The fraction of sp³-hybridized carbons (Fsp3) is 0.471. The number of nitrogens with one attached hydrogen (secondary N) is 1. The van der Waals surface area contributed by atoms with Crippen LogP contribution in [-0.2, 0) is 47.0 Å². The zero-order chi connectivity index (χ0) is 33.9. The fourth-order valence-corrected chi connectivity index (χ4v) is 7.31. The van der Waals surface area contributed by atoms with Gasteiger partial charge in [0.25, 0.3) is 0 Å². The van der Waals surface area contributed by atoms with E-state index in [1.807, 2.05) is 6.07 Å². The van der Waals surface area contributed by atoms with Gasteiger partial charge in [0.1, 0.15) is 0 Å². The van der Waals surface area contributed by atoms with Gasteiger partial charge >= 0.3 is 6.18 Å². The van der Waals surface area contributed by atoms with Crippen molar-refractivity contribution in [2.75, 3.05) is 32.4 Å². The Morgan fingerprint density at radius 2 is 1.79 bits per heavy atom.